The number of thiazole rings is 1. The van der Waals surface area contributed by atoms with Gasteiger partial charge >= 0.3 is 0 Å². The Morgan fingerprint density at radius 2 is 1.94 bits per heavy atom. The molecule has 1 aliphatic heterocycles. The molecule has 7 nitrogen and oxygen atoms in total. The smallest absolute Gasteiger partial charge is 0.231 e. The third kappa shape index (κ3) is 4.70. The fraction of sp³-hybridized carbons (Fsp3) is 0.375. The van der Waals surface area contributed by atoms with E-state index >= 15 is 0 Å². The minimum Gasteiger partial charge on any atom is -0.493 e. The summed E-state index contributed by atoms with van der Waals surface area (Å²) in [5.41, 5.74) is 3.16. The zero-order valence-corrected chi connectivity index (χ0v) is 19.3. The van der Waals surface area contributed by atoms with E-state index in [9.17, 15) is 9.59 Å². The lowest BCUT2D eigenvalue weighted by molar-refractivity contribution is -0.128. The molecule has 8 heteroatoms. The number of benzene rings is 2. The molecule has 3 aromatic rings. The normalized spacial score (nSPS) is 15.9. The molecule has 2 amide bonds. The number of nitrogens with one attached hydrogen (secondary N) is 1. The number of fused-ring (bicyclic) bond motifs is 1. The number of anilines is 1. The highest BCUT2D eigenvalue weighted by molar-refractivity contribution is 7.22. The Morgan fingerprint density at radius 3 is 2.69 bits per heavy atom. The van der Waals surface area contributed by atoms with E-state index in [0.717, 1.165) is 22.2 Å². The average molecular weight is 454 g/mol. The molecule has 1 aromatic heterocycles. The Labute approximate surface area is 191 Å². The number of likely N-dealkylation sites (tertiary alicyclic amines) is 1. The van der Waals surface area contributed by atoms with Crippen LogP contribution in [0.1, 0.15) is 24.5 Å². The van der Waals surface area contributed by atoms with Crippen LogP contribution in [0.25, 0.3) is 10.2 Å². The highest BCUT2D eigenvalue weighted by atomic mass is 32.1. The predicted molar refractivity (Wildman–Crippen MR) is 126 cm³/mol. The summed E-state index contributed by atoms with van der Waals surface area (Å²) in [5.74, 6) is 0.818. The van der Waals surface area contributed by atoms with Crippen molar-refractivity contribution in [3.05, 3.63) is 47.5 Å². The van der Waals surface area contributed by atoms with Crippen LogP contribution in [0.3, 0.4) is 0 Å². The van der Waals surface area contributed by atoms with Crippen molar-refractivity contribution < 1.29 is 19.1 Å². The van der Waals surface area contributed by atoms with Gasteiger partial charge in [-0.25, -0.2) is 4.98 Å². The lowest BCUT2D eigenvalue weighted by Gasteiger charge is -2.17. The number of amides is 2. The van der Waals surface area contributed by atoms with Gasteiger partial charge in [-0.2, -0.15) is 0 Å². The highest BCUT2D eigenvalue weighted by Gasteiger charge is 2.34. The largest absolute Gasteiger partial charge is 0.493 e. The topological polar surface area (TPSA) is 80.8 Å². The maximum atomic E-state index is 12.8. The van der Waals surface area contributed by atoms with E-state index in [2.05, 4.69) is 29.4 Å². The zero-order valence-electron chi connectivity index (χ0n) is 18.5. The molecule has 2 heterocycles. The second kappa shape index (κ2) is 9.56. The van der Waals surface area contributed by atoms with Crippen LogP contribution in [-0.4, -0.2) is 49.0 Å². The van der Waals surface area contributed by atoms with Crippen LogP contribution >= 0.6 is 11.3 Å². The van der Waals surface area contributed by atoms with E-state index in [1.165, 1.54) is 16.9 Å². The SMILES string of the molecule is CCc1ccc2nc(NC(=O)C3CC(=O)N(CCc4ccc(OC)c(OC)c4)C3)sc2c1. The second-order valence-corrected chi connectivity index (χ2v) is 8.87. The highest BCUT2D eigenvalue weighted by Crippen LogP contribution is 2.30. The van der Waals surface area contributed by atoms with Gasteiger partial charge in [0.05, 0.1) is 30.4 Å². The minimum absolute atomic E-state index is 0.00233. The molecule has 0 bridgehead atoms. The third-order valence-corrected chi connectivity index (χ3v) is 6.73. The van der Waals surface area contributed by atoms with Gasteiger partial charge in [0.15, 0.2) is 16.6 Å². The summed E-state index contributed by atoms with van der Waals surface area (Å²) in [6.45, 7) is 3.08. The first-order chi connectivity index (χ1) is 15.5. The van der Waals surface area contributed by atoms with Crippen molar-refractivity contribution in [3.63, 3.8) is 0 Å². The van der Waals surface area contributed by atoms with Gasteiger partial charge in [0.2, 0.25) is 11.8 Å². The summed E-state index contributed by atoms with van der Waals surface area (Å²) in [5, 5.41) is 3.49. The average Bonchev–Trinajstić information content (AvgIpc) is 3.39. The number of aromatic nitrogens is 1. The summed E-state index contributed by atoms with van der Waals surface area (Å²) >= 11 is 1.47. The monoisotopic (exact) mass is 453 g/mol. The Hall–Kier alpha value is -3.13. The van der Waals surface area contributed by atoms with Gasteiger partial charge in [-0.3, -0.25) is 9.59 Å². The van der Waals surface area contributed by atoms with E-state index in [0.29, 0.717) is 36.1 Å². The van der Waals surface area contributed by atoms with Crippen molar-refractivity contribution in [2.45, 2.75) is 26.2 Å². The number of methoxy groups -OCH3 is 2. The summed E-state index contributed by atoms with van der Waals surface area (Å²) < 4.78 is 11.7. The van der Waals surface area contributed by atoms with Gasteiger partial charge in [-0.1, -0.05) is 30.4 Å². The first-order valence-electron chi connectivity index (χ1n) is 10.7. The molecular formula is C24H27N3O4S. The van der Waals surface area contributed by atoms with Crippen molar-refractivity contribution in [1.82, 2.24) is 9.88 Å². The van der Waals surface area contributed by atoms with Crippen molar-refractivity contribution in [3.8, 4) is 11.5 Å². The van der Waals surface area contributed by atoms with Crippen LogP contribution < -0.4 is 14.8 Å². The fourth-order valence-corrected chi connectivity index (χ4v) is 4.85. The van der Waals surface area contributed by atoms with Gasteiger partial charge in [-0.15, -0.1) is 0 Å². The lowest BCUT2D eigenvalue weighted by Crippen LogP contribution is -2.30. The Balaban J connectivity index is 1.35. The third-order valence-electron chi connectivity index (χ3n) is 5.79. The van der Waals surface area contributed by atoms with E-state index in [1.54, 1.807) is 19.1 Å². The Morgan fingerprint density at radius 1 is 1.16 bits per heavy atom. The molecule has 1 N–H and O–H groups in total. The first kappa shape index (κ1) is 22.1. The number of ether oxygens (including phenoxy) is 2. The maximum absolute atomic E-state index is 12.8. The molecule has 0 radical (unpaired) electrons. The van der Waals surface area contributed by atoms with Crippen molar-refractivity contribution >= 4 is 38.5 Å². The maximum Gasteiger partial charge on any atom is 0.231 e. The number of rotatable bonds is 8. The van der Waals surface area contributed by atoms with E-state index < -0.39 is 0 Å². The van der Waals surface area contributed by atoms with Gasteiger partial charge in [0.25, 0.3) is 0 Å². The number of aryl methyl sites for hydroxylation is 1. The van der Waals surface area contributed by atoms with Gasteiger partial charge in [0, 0.05) is 19.5 Å². The quantitative estimate of drug-likeness (QED) is 0.559. The molecule has 1 unspecified atom stereocenters. The van der Waals surface area contributed by atoms with Gasteiger partial charge in [-0.05, 0) is 48.2 Å². The molecule has 1 atom stereocenters. The number of hydrogen-bond donors (Lipinski definition) is 1. The Bertz CT molecular complexity index is 1140. The minimum atomic E-state index is -0.369. The molecule has 2 aromatic carbocycles. The molecule has 32 heavy (non-hydrogen) atoms. The van der Waals surface area contributed by atoms with Gasteiger partial charge in [0.1, 0.15) is 0 Å². The summed E-state index contributed by atoms with van der Waals surface area (Å²) in [7, 11) is 3.20. The lowest BCUT2D eigenvalue weighted by atomic mass is 10.1. The molecule has 0 saturated carbocycles. The molecule has 1 saturated heterocycles. The second-order valence-electron chi connectivity index (χ2n) is 7.84. The number of carbonyl (C=O) groups excluding carboxylic acids is 2. The molecule has 0 spiro atoms. The van der Waals surface area contributed by atoms with Gasteiger partial charge < -0.3 is 19.7 Å². The van der Waals surface area contributed by atoms with Crippen LogP contribution in [0.2, 0.25) is 0 Å². The molecule has 1 fully saturated rings. The van der Waals surface area contributed by atoms with E-state index in [4.69, 9.17) is 9.47 Å². The molecule has 0 aliphatic carbocycles. The van der Waals surface area contributed by atoms with Crippen LogP contribution in [0.5, 0.6) is 11.5 Å². The van der Waals surface area contributed by atoms with Crippen molar-refractivity contribution in [2.75, 3.05) is 32.6 Å². The summed E-state index contributed by atoms with van der Waals surface area (Å²) in [4.78, 5) is 31.5. The van der Waals surface area contributed by atoms with Crippen molar-refractivity contribution in [2.24, 2.45) is 5.92 Å². The number of carbonyl (C=O) groups is 2. The number of hydrogen-bond acceptors (Lipinski definition) is 6. The molecule has 4 rings (SSSR count). The van der Waals surface area contributed by atoms with E-state index in [-0.39, 0.29) is 24.2 Å². The standard InChI is InChI=1S/C24H27N3O4S/c1-4-15-5-7-18-21(12-15)32-24(25-18)26-23(29)17-13-22(28)27(14-17)10-9-16-6-8-19(30-2)20(11-16)31-3/h5-8,11-12,17H,4,9-10,13-14H2,1-3H3,(H,25,26,29). The van der Waals surface area contributed by atoms with Crippen LogP contribution in [0.4, 0.5) is 5.13 Å². The number of nitrogens with zero attached hydrogens (tertiary/aromatic N) is 2. The Kier molecular flexibility index (Phi) is 6.60. The van der Waals surface area contributed by atoms with Crippen LogP contribution in [-0.2, 0) is 22.4 Å². The van der Waals surface area contributed by atoms with Crippen molar-refractivity contribution in [1.29, 1.82) is 0 Å². The molecule has 168 valence electrons. The summed E-state index contributed by atoms with van der Waals surface area (Å²) in [6, 6.07) is 11.9. The molecular weight excluding hydrogens is 426 g/mol. The van der Waals surface area contributed by atoms with Crippen LogP contribution in [0.15, 0.2) is 36.4 Å². The zero-order chi connectivity index (χ0) is 22.7. The van der Waals surface area contributed by atoms with E-state index in [1.807, 2.05) is 24.3 Å². The van der Waals surface area contributed by atoms with Crippen LogP contribution in [0, 0.1) is 5.92 Å². The fourth-order valence-electron chi connectivity index (χ4n) is 3.91. The summed E-state index contributed by atoms with van der Waals surface area (Å²) in [6.07, 6.45) is 1.86. The predicted octanol–water partition coefficient (Wildman–Crippen LogP) is 3.91. The molecule has 1 aliphatic rings. The first-order valence-corrected chi connectivity index (χ1v) is 11.5.